The summed E-state index contributed by atoms with van der Waals surface area (Å²) in [5.74, 6) is 1.57. The van der Waals surface area contributed by atoms with E-state index in [9.17, 15) is 4.79 Å². The predicted octanol–water partition coefficient (Wildman–Crippen LogP) is 4.29. The predicted molar refractivity (Wildman–Crippen MR) is 98.6 cm³/mol. The molecular formula is C19H23NO3S. The average Bonchev–Trinajstić information content (AvgIpc) is 3.11. The number of carbonyl (C=O) groups is 1. The molecule has 0 spiro atoms. The van der Waals surface area contributed by atoms with Crippen molar-refractivity contribution in [3.63, 3.8) is 0 Å². The molecule has 24 heavy (non-hydrogen) atoms. The zero-order valence-corrected chi connectivity index (χ0v) is 15.2. The first-order valence-corrected chi connectivity index (χ1v) is 8.66. The van der Waals surface area contributed by atoms with Gasteiger partial charge in [-0.15, -0.1) is 11.3 Å². The molecule has 0 saturated heterocycles. The van der Waals surface area contributed by atoms with Crippen LogP contribution in [0.5, 0.6) is 11.5 Å². The van der Waals surface area contributed by atoms with Crippen molar-refractivity contribution >= 4 is 23.3 Å². The lowest BCUT2D eigenvalue weighted by Gasteiger charge is -2.20. The van der Waals surface area contributed by atoms with Crippen LogP contribution >= 0.6 is 11.3 Å². The third kappa shape index (κ3) is 4.86. The van der Waals surface area contributed by atoms with Gasteiger partial charge in [0, 0.05) is 17.0 Å². The van der Waals surface area contributed by atoms with Crippen LogP contribution in [-0.4, -0.2) is 20.1 Å². The SMILES string of the molecule is COc1cc(/C=C/C(=O)N[C@@H](c2cccs2)C(C)C)cc(OC)c1. The highest BCUT2D eigenvalue weighted by Gasteiger charge is 2.18. The first kappa shape index (κ1) is 18.1. The van der Waals surface area contributed by atoms with Gasteiger partial charge in [0.1, 0.15) is 11.5 Å². The molecule has 128 valence electrons. The Balaban J connectivity index is 2.09. The van der Waals surface area contributed by atoms with Crippen molar-refractivity contribution in [3.8, 4) is 11.5 Å². The summed E-state index contributed by atoms with van der Waals surface area (Å²) in [7, 11) is 3.20. The Kier molecular flexibility index (Phi) is 6.44. The summed E-state index contributed by atoms with van der Waals surface area (Å²) in [6.45, 7) is 4.20. The van der Waals surface area contributed by atoms with Crippen molar-refractivity contribution in [1.29, 1.82) is 0 Å². The minimum Gasteiger partial charge on any atom is -0.497 e. The lowest BCUT2D eigenvalue weighted by Crippen LogP contribution is -2.29. The Bertz CT molecular complexity index is 670. The number of methoxy groups -OCH3 is 2. The Morgan fingerprint density at radius 2 is 1.83 bits per heavy atom. The summed E-state index contributed by atoms with van der Waals surface area (Å²) in [6.07, 6.45) is 3.30. The van der Waals surface area contributed by atoms with Crippen LogP contribution in [0.2, 0.25) is 0 Å². The molecule has 0 aliphatic rings. The van der Waals surface area contributed by atoms with Gasteiger partial charge in [-0.25, -0.2) is 0 Å². The van der Waals surface area contributed by atoms with E-state index in [-0.39, 0.29) is 11.9 Å². The molecule has 1 heterocycles. The van der Waals surface area contributed by atoms with Gasteiger partial charge in [0.25, 0.3) is 0 Å². The van der Waals surface area contributed by atoms with Crippen molar-refractivity contribution in [2.24, 2.45) is 5.92 Å². The normalized spacial score (nSPS) is 12.4. The summed E-state index contributed by atoms with van der Waals surface area (Å²) in [5, 5.41) is 5.09. The van der Waals surface area contributed by atoms with Crippen LogP contribution in [0.4, 0.5) is 0 Å². The van der Waals surface area contributed by atoms with E-state index in [0.717, 1.165) is 10.4 Å². The van der Waals surface area contributed by atoms with Crippen molar-refractivity contribution in [1.82, 2.24) is 5.32 Å². The molecule has 1 amide bonds. The van der Waals surface area contributed by atoms with Gasteiger partial charge in [-0.1, -0.05) is 19.9 Å². The van der Waals surface area contributed by atoms with Gasteiger partial charge < -0.3 is 14.8 Å². The zero-order chi connectivity index (χ0) is 17.5. The van der Waals surface area contributed by atoms with Crippen LogP contribution in [0, 0.1) is 5.92 Å². The van der Waals surface area contributed by atoms with Crippen molar-refractivity contribution in [2.45, 2.75) is 19.9 Å². The fourth-order valence-corrected chi connectivity index (χ4v) is 3.28. The Morgan fingerprint density at radius 1 is 1.17 bits per heavy atom. The van der Waals surface area contributed by atoms with E-state index in [0.29, 0.717) is 17.4 Å². The molecule has 1 atom stereocenters. The molecule has 0 unspecified atom stereocenters. The fourth-order valence-electron chi connectivity index (χ4n) is 2.33. The Hall–Kier alpha value is -2.27. The number of amides is 1. The number of thiophene rings is 1. The first-order valence-electron chi connectivity index (χ1n) is 7.78. The van der Waals surface area contributed by atoms with E-state index in [4.69, 9.17) is 9.47 Å². The maximum Gasteiger partial charge on any atom is 0.244 e. The standard InChI is InChI=1S/C19H23NO3S/c1-13(2)19(17-6-5-9-24-17)20-18(21)8-7-14-10-15(22-3)12-16(11-14)23-4/h5-13,19H,1-4H3,(H,20,21)/b8-7+/t19-/m1/s1. The minimum atomic E-state index is -0.121. The maximum atomic E-state index is 12.3. The summed E-state index contributed by atoms with van der Waals surface area (Å²) in [5.41, 5.74) is 0.846. The molecule has 1 N–H and O–H groups in total. The summed E-state index contributed by atoms with van der Waals surface area (Å²) < 4.78 is 10.5. The molecule has 1 aromatic carbocycles. The molecule has 0 radical (unpaired) electrons. The van der Waals surface area contributed by atoms with E-state index in [1.165, 1.54) is 6.08 Å². The summed E-state index contributed by atoms with van der Waals surface area (Å²) >= 11 is 1.65. The monoisotopic (exact) mass is 345 g/mol. The second-order valence-corrected chi connectivity index (χ2v) is 6.70. The fraction of sp³-hybridized carbons (Fsp3) is 0.316. The van der Waals surface area contributed by atoms with Crippen LogP contribution in [0.1, 0.15) is 30.3 Å². The van der Waals surface area contributed by atoms with Gasteiger partial charge in [0.05, 0.1) is 20.3 Å². The molecule has 0 saturated carbocycles. The number of benzene rings is 1. The summed E-state index contributed by atoms with van der Waals surface area (Å²) in [6, 6.07) is 9.56. The smallest absolute Gasteiger partial charge is 0.244 e. The molecule has 0 aliphatic heterocycles. The second kappa shape index (κ2) is 8.55. The van der Waals surface area contributed by atoms with Crippen LogP contribution < -0.4 is 14.8 Å². The van der Waals surface area contributed by atoms with Crippen molar-refractivity contribution < 1.29 is 14.3 Å². The van der Waals surface area contributed by atoms with E-state index >= 15 is 0 Å². The number of ether oxygens (including phenoxy) is 2. The van der Waals surface area contributed by atoms with Gasteiger partial charge in [-0.3, -0.25) is 4.79 Å². The van der Waals surface area contributed by atoms with Crippen LogP contribution in [0.15, 0.2) is 41.8 Å². The number of hydrogen-bond acceptors (Lipinski definition) is 4. The second-order valence-electron chi connectivity index (χ2n) is 5.73. The van der Waals surface area contributed by atoms with Gasteiger partial charge in [-0.05, 0) is 41.1 Å². The van der Waals surface area contributed by atoms with E-state index in [1.807, 2.05) is 29.6 Å². The van der Waals surface area contributed by atoms with Gasteiger partial charge in [0.2, 0.25) is 5.91 Å². The highest BCUT2D eigenvalue weighted by Crippen LogP contribution is 2.26. The van der Waals surface area contributed by atoms with Crippen molar-refractivity contribution in [3.05, 3.63) is 52.2 Å². The van der Waals surface area contributed by atoms with Crippen LogP contribution in [0.3, 0.4) is 0 Å². The molecule has 5 heteroatoms. The lowest BCUT2D eigenvalue weighted by atomic mass is 10.0. The van der Waals surface area contributed by atoms with Crippen LogP contribution in [0.25, 0.3) is 6.08 Å². The average molecular weight is 345 g/mol. The first-order chi connectivity index (χ1) is 11.5. The maximum absolute atomic E-state index is 12.3. The number of carbonyl (C=O) groups excluding carboxylic acids is 1. The molecule has 0 fully saturated rings. The molecule has 1 aromatic heterocycles. The highest BCUT2D eigenvalue weighted by molar-refractivity contribution is 7.10. The third-order valence-corrected chi connectivity index (χ3v) is 4.57. The van der Waals surface area contributed by atoms with Crippen LogP contribution in [-0.2, 0) is 4.79 Å². The van der Waals surface area contributed by atoms with Gasteiger partial charge in [0.15, 0.2) is 0 Å². The van der Waals surface area contributed by atoms with E-state index in [1.54, 1.807) is 37.7 Å². The summed E-state index contributed by atoms with van der Waals surface area (Å²) in [4.78, 5) is 13.4. The third-order valence-electron chi connectivity index (χ3n) is 3.62. The van der Waals surface area contributed by atoms with Gasteiger partial charge >= 0.3 is 0 Å². The number of nitrogens with one attached hydrogen (secondary N) is 1. The van der Waals surface area contributed by atoms with E-state index < -0.39 is 0 Å². The molecular weight excluding hydrogens is 322 g/mol. The highest BCUT2D eigenvalue weighted by atomic mass is 32.1. The molecule has 0 bridgehead atoms. The minimum absolute atomic E-state index is 0.0157. The molecule has 0 aliphatic carbocycles. The van der Waals surface area contributed by atoms with E-state index in [2.05, 4.69) is 19.2 Å². The largest absolute Gasteiger partial charge is 0.497 e. The Labute approximate surface area is 147 Å². The number of hydrogen-bond donors (Lipinski definition) is 1. The molecule has 2 aromatic rings. The lowest BCUT2D eigenvalue weighted by molar-refractivity contribution is -0.117. The topological polar surface area (TPSA) is 47.6 Å². The van der Waals surface area contributed by atoms with Gasteiger partial charge in [-0.2, -0.15) is 0 Å². The quantitative estimate of drug-likeness (QED) is 0.762. The number of rotatable bonds is 7. The molecule has 2 rings (SSSR count). The molecule has 4 nitrogen and oxygen atoms in total. The Morgan fingerprint density at radius 3 is 2.33 bits per heavy atom. The van der Waals surface area contributed by atoms with Crippen molar-refractivity contribution in [2.75, 3.05) is 14.2 Å². The zero-order valence-electron chi connectivity index (χ0n) is 14.4.